The molecule has 0 aromatic carbocycles. The van der Waals surface area contributed by atoms with Gasteiger partial charge in [-0.1, -0.05) is 13.3 Å². The van der Waals surface area contributed by atoms with Gasteiger partial charge in [-0.2, -0.15) is 0 Å². The predicted molar refractivity (Wildman–Crippen MR) is 75.3 cm³/mol. The van der Waals surface area contributed by atoms with E-state index in [4.69, 9.17) is 5.73 Å². The van der Waals surface area contributed by atoms with Crippen molar-refractivity contribution in [2.45, 2.75) is 26.2 Å². The third kappa shape index (κ3) is 4.61. The zero-order chi connectivity index (χ0) is 11.8. The molecule has 1 aromatic heterocycles. The van der Waals surface area contributed by atoms with E-state index < -0.39 is 0 Å². The SMILES string of the molecule is CCCC(CCN)CNc1ncncc1I. The Morgan fingerprint density at radius 3 is 2.94 bits per heavy atom. The molecule has 0 saturated carbocycles. The van der Waals surface area contributed by atoms with Crippen LogP contribution in [-0.2, 0) is 0 Å². The molecule has 0 aliphatic rings. The summed E-state index contributed by atoms with van der Waals surface area (Å²) in [5.41, 5.74) is 5.60. The highest BCUT2D eigenvalue weighted by atomic mass is 127. The molecule has 1 atom stereocenters. The number of aromatic nitrogens is 2. The Morgan fingerprint density at radius 2 is 2.31 bits per heavy atom. The third-order valence-electron chi connectivity index (χ3n) is 2.50. The van der Waals surface area contributed by atoms with Crippen molar-refractivity contribution < 1.29 is 0 Å². The largest absolute Gasteiger partial charge is 0.369 e. The second-order valence-corrected chi connectivity index (χ2v) is 4.99. The van der Waals surface area contributed by atoms with Crippen LogP contribution in [0.1, 0.15) is 26.2 Å². The maximum absolute atomic E-state index is 5.60. The molecular weight excluding hydrogens is 315 g/mol. The van der Waals surface area contributed by atoms with E-state index in [1.54, 1.807) is 6.33 Å². The van der Waals surface area contributed by atoms with Crippen LogP contribution in [0.4, 0.5) is 5.82 Å². The lowest BCUT2D eigenvalue weighted by Crippen LogP contribution is -2.19. The van der Waals surface area contributed by atoms with Gasteiger partial charge in [-0.05, 0) is 47.9 Å². The first kappa shape index (κ1) is 13.6. The molecule has 0 fully saturated rings. The minimum atomic E-state index is 0.640. The molecule has 4 nitrogen and oxygen atoms in total. The lowest BCUT2D eigenvalue weighted by molar-refractivity contribution is 0.473. The van der Waals surface area contributed by atoms with Gasteiger partial charge in [0.15, 0.2) is 0 Å². The van der Waals surface area contributed by atoms with Crippen LogP contribution in [0.2, 0.25) is 0 Å². The Labute approximate surface area is 111 Å². The predicted octanol–water partition coefficient (Wildman–Crippen LogP) is 2.26. The van der Waals surface area contributed by atoms with Crippen molar-refractivity contribution >= 4 is 28.4 Å². The fourth-order valence-corrected chi connectivity index (χ4v) is 2.17. The van der Waals surface area contributed by atoms with Crippen LogP contribution in [0.25, 0.3) is 0 Å². The first-order valence-electron chi connectivity index (χ1n) is 5.67. The van der Waals surface area contributed by atoms with Gasteiger partial charge in [-0.15, -0.1) is 0 Å². The monoisotopic (exact) mass is 334 g/mol. The summed E-state index contributed by atoms with van der Waals surface area (Å²) in [5, 5.41) is 3.37. The van der Waals surface area contributed by atoms with Crippen LogP contribution >= 0.6 is 22.6 Å². The number of nitrogens with zero attached hydrogens (tertiary/aromatic N) is 2. The second kappa shape index (κ2) is 7.78. The van der Waals surface area contributed by atoms with Crippen molar-refractivity contribution in [1.82, 2.24) is 9.97 Å². The summed E-state index contributed by atoms with van der Waals surface area (Å²) in [6.45, 7) is 3.91. The highest BCUT2D eigenvalue weighted by molar-refractivity contribution is 14.1. The van der Waals surface area contributed by atoms with Gasteiger partial charge >= 0.3 is 0 Å². The topological polar surface area (TPSA) is 63.8 Å². The normalized spacial score (nSPS) is 12.4. The molecule has 1 heterocycles. The number of anilines is 1. The molecule has 1 unspecified atom stereocenters. The molecule has 16 heavy (non-hydrogen) atoms. The second-order valence-electron chi connectivity index (χ2n) is 3.83. The fourth-order valence-electron chi connectivity index (χ4n) is 1.68. The summed E-state index contributed by atoms with van der Waals surface area (Å²) in [7, 11) is 0. The van der Waals surface area contributed by atoms with Crippen molar-refractivity contribution in [1.29, 1.82) is 0 Å². The van der Waals surface area contributed by atoms with Crippen molar-refractivity contribution in [2.75, 3.05) is 18.4 Å². The minimum Gasteiger partial charge on any atom is -0.369 e. The minimum absolute atomic E-state index is 0.640. The molecule has 0 saturated heterocycles. The lowest BCUT2D eigenvalue weighted by atomic mass is 10.00. The molecule has 0 radical (unpaired) electrons. The van der Waals surface area contributed by atoms with Gasteiger partial charge in [0.1, 0.15) is 12.1 Å². The van der Waals surface area contributed by atoms with Crippen LogP contribution in [0.15, 0.2) is 12.5 Å². The van der Waals surface area contributed by atoms with Gasteiger partial charge in [0.2, 0.25) is 0 Å². The molecule has 0 spiro atoms. The maximum atomic E-state index is 5.60. The van der Waals surface area contributed by atoms with Crippen molar-refractivity contribution in [3.63, 3.8) is 0 Å². The van der Waals surface area contributed by atoms with Gasteiger partial charge in [0.25, 0.3) is 0 Å². The van der Waals surface area contributed by atoms with Gasteiger partial charge in [-0.25, -0.2) is 9.97 Å². The average molecular weight is 334 g/mol. The zero-order valence-electron chi connectivity index (χ0n) is 9.62. The lowest BCUT2D eigenvalue weighted by Gasteiger charge is -2.16. The summed E-state index contributed by atoms with van der Waals surface area (Å²) < 4.78 is 1.06. The van der Waals surface area contributed by atoms with E-state index in [2.05, 4.69) is 44.8 Å². The van der Waals surface area contributed by atoms with Crippen molar-refractivity contribution in [2.24, 2.45) is 11.7 Å². The van der Waals surface area contributed by atoms with Crippen molar-refractivity contribution in [3.8, 4) is 0 Å². The molecule has 0 aliphatic heterocycles. The van der Waals surface area contributed by atoms with E-state index in [0.717, 1.165) is 28.9 Å². The summed E-state index contributed by atoms with van der Waals surface area (Å²) in [6.07, 6.45) is 6.87. The zero-order valence-corrected chi connectivity index (χ0v) is 11.8. The van der Waals surface area contributed by atoms with Gasteiger partial charge < -0.3 is 11.1 Å². The van der Waals surface area contributed by atoms with Gasteiger partial charge in [0, 0.05) is 12.7 Å². The highest BCUT2D eigenvalue weighted by Gasteiger charge is 2.08. The number of hydrogen-bond donors (Lipinski definition) is 2. The molecular formula is C11H19IN4. The standard InChI is InChI=1S/C11H19IN4/c1-2-3-9(4-5-13)6-15-11-10(12)7-14-8-16-11/h7-9H,2-6,13H2,1H3,(H,14,15,16). The molecule has 3 N–H and O–H groups in total. The Bertz CT molecular complexity index is 300. The summed E-state index contributed by atoms with van der Waals surface area (Å²) in [6, 6.07) is 0. The first-order valence-corrected chi connectivity index (χ1v) is 6.75. The van der Waals surface area contributed by atoms with Crippen LogP contribution in [0.5, 0.6) is 0 Å². The Balaban J connectivity index is 2.45. The number of hydrogen-bond acceptors (Lipinski definition) is 4. The van der Waals surface area contributed by atoms with E-state index in [1.807, 2.05) is 6.20 Å². The molecule has 0 aliphatic carbocycles. The Kier molecular flexibility index (Phi) is 6.63. The van der Waals surface area contributed by atoms with E-state index in [9.17, 15) is 0 Å². The van der Waals surface area contributed by atoms with Crippen LogP contribution in [0, 0.1) is 9.49 Å². The van der Waals surface area contributed by atoms with E-state index in [-0.39, 0.29) is 0 Å². The molecule has 1 rings (SSSR count). The summed E-state index contributed by atoms with van der Waals surface area (Å²) in [5.74, 6) is 1.56. The first-order chi connectivity index (χ1) is 7.77. The van der Waals surface area contributed by atoms with E-state index in [0.29, 0.717) is 5.92 Å². The molecule has 0 bridgehead atoms. The Hall–Kier alpha value is -0.430. The van der Waals surface area contributed by atoms with E-state index >= 15 is 0 Å². The maximum Gasteiger partial charge on any atom is 0.142 e. The molecule has 1 aromatic rings. The Morgan fingerprint density at radius 1 is 1.50 bits per heavy atom. The van der Waals surface area contributed by atoms with Crippen molar-refractivity contribution in [3.05, 3.63) is 16.1 Å². The fraction of sp³-hybridized carbons (Fsp3) is 0.636. The van der Waals surface area contributed by atoms with Crippen LogP contribution < -0.4 is 11.1 Å². The number of halogens is 1. The van der Waals surface area contributed by atoms with Crippen LogP contribution in [0.3, 0.4) is 0 Å². The number of nitrogens with two attached hydrogens (primary N) is 1. The molecule has 90 valence electrons. The summed E-state index contributed by atoms with van der Waals surface area (Å²) >= 11 is 2.24. The quantitative estimate of drug-likeness (QED) is 0.751. The number of nitrogens with one attached hydrogen (secondary N) is 1. The van der Waals surface area contributed by atoms with Gasteiger partial charge in [-0.3, -0.25) is 0 Å². The number of rotatable bonds is 7. The smallest absolute Gasteiger partial charge is 0.142 e. The van der Waals surface area contributed by atoms with Crippen LogP contribution in [-0.4, -0.2) is 23.1 Å². The highest BCUT2D eigenvalue weighted by Crippen LogP contribution is 2.15. The average Bonchev–Trinajstić information content (AvgIpc) is 2.28. The summed E-state index contributed by atoms with van der Waals surface area (Å²) in [4.78, 5) is 8.18. The molecule has 5 heteroatoms. The molecule has 0 amide bonds. The third-order valence-corrected chi connectivity index (χ3v) is 3.29. The van der Waals surface area contributed by atoms with Gasteiger partial charge in [0.05, 0.1) is 3.57 Å². The van der Waals surface area contributed by atoms with E-state index in [1.165, 1.54) is 12.8 Å².